The summed E-state index contributed by atoms with van der Waals surface area (Å²) in [6.07, 6.45) is 6.03. The van der Waals surface area contributed by atoms with E-state index in [1.54, 1.807) is 0 Å². The summed E-state index contributed by atoms with van der Waals surface area (Å²) in [5, 5.41) is 46.5. The third-order valence-electron chi connectivity index (χ3n) is 3.96. The molecular formula is C15H26O8. The maximum Gasteiger partial charge on any atom is 0.351 e. The second-order valence-electron chi connectivity index (χ2n) is 5.71. The molecule has 0 fully saturated rings. The normalized spacial score (nSPS) is 14.2. The smallest absolute Gasteiger partial charge is 0.351 e. The highest BCUT2D eigenvalue weighted by molar-refractivity contribution is 6.08. The van der Waals surface area contributed by atoms with E-state index in [9.17, 15) is 24.6 Å². The molecule has 0 aliphatic rings. The van der Waals surface area contributed by atoms with Crippen LogP contribution in [0.5, 0.6) is 0 Å². The minimum Gasteiger partial charge on any atom is -0.479 e. The van der Waals surface area contributed by atoms with Crippen molar-refractivity contribution in [3.63, 3.8) is 0 Å². The van der Waals surface area contributed by atoms with Crippen LogP contribution in [0.3, 0.4) is 0 Å². The van der Waals surface area contributed by atoms with Crippen LogP contribution in [0.1, 0.15) is 64.7 Å². The van der Waals surface area contributed by atoms with Crippen LogP contribution in [0.4, 0.5) is 0 Å². The van der Waals surface area contributed by atoms with Crippen LogP contribution in [0.2, 0.25) is 0 Å². The Morgan fingerprint density at radius 2 is 1.09 bits per heavy atom. The van der Waals surface area contributed by atoms with Gasteiger partial charge in [-0.3, -0.25) is 0 Å². The molecule has 134 valence electrons. The monoisotopic (exact) mass is 334 g/mol. The quantitative estimate of drug-likeness (QED) is 0.249. The molecule has 0 aliphatic carbocycles. The molecule has 0 amide bonds. The predicted molar refractivity (Wildman–Crippen MR) is 80.0 cm³/mol. The van der Waals surface area contributed by atoms with Gasteiger partial charge in [0.25, 0.3) is 5.60 Å². The summed E-state index contributed by atoms with van der Waals surface area (Å²) in [6, 6.07) is 0. The summed E-state index contributed by atoms with van der Waals surface area (Å²) >= 11 is 0. The molecule has 0 spiro atoms. The highest BCUT2D eigenvalue weighted by Crippen LogP contribution is 2.30. The lowest BCUT2D eigenvalue weighted by Crippen LogP contribution is -2.68. The molecule has 0 radical (unpaired) electrons. The van der Waals surface area contributed by atoms with E-state index in [4.69, 9.17) is 15.3 Å². The van der Waals surface area contributed by atoms with E-state index in [1.165, 1.54) is 0 Å². The van der Waals surface area contributed by atoms with Gasteiger partial charge in [0.15, 0.2) is 0 Å². The molecule has 0 aliphatic heterocycles. The van der Waals surface area contributed by atoms with E-state index in [-0.39, 0.29) is 6.42 Å². The van der Waals surface area contributed by atoms with Crippen molar-refractivity contribution in [2.45, 2.75) is 75.9 Å². The third kappa shape index (κ3) is 5.18. The first-order valence-electron chi connectivity index (χ1n) is 7.79. The van der Waals surface area contributed by atoms with Crippen molar-refractivity contribution in [1.82, 2.24) is 0 Å². The van der Waals surface area contributed by atoms with E-state index in [0.29, 0.717) is 6.42 Å². The van der Waals surface area contributed by atoms with Crippen molar-refractivity contribution >= 4 is 17.9 Å². The summed E-state index contributed by atoms with van der Waals surface area (Å²) in [7, 11) is 0. The average molecular weight is 334 g/mol. The molecule has 0 saturated heterocycles. The molecule has 1 unspecified atom stereocenters. The molecule has 0 aromatic carbocycles. The van der Waals surface area contributed by atoms with E-state index in [0.717, 1.165) is 38.5 Å². The fourth-order valence-corrected chi connectivity index (χ4v) is 2.40. The first kappa shape index (κ1) is 21.3. The minimum absolute atomic E-state index is 0.0967. The molecule has 8 heteroatoms. The third-order valence-corrected chi connectivity index (χ3v) is 3.96. The fourth-order valence-electron chi connectivity index (χ4n) is 2.40. The second kappa shape index (κ2) is 9.46. The Kier molecular flexibility index (Phi) is 8.78. The van der Waals surface area contributed by atoms with E-state index in [2.05, 4.69) is 6.92 Å². The number of hydrogen-bond acceptors (Lipinski definition) is 5. The standard InChI is InChI=1S/C15H26O8/c1-2-3-4-5-6-7-8-9-10-14(22,11(16)17)15(23,12(18)19)13(20)21/h22-23H,2-10H2,1H3,(H,16,17)(H,18,19)(H,20,21). The number of carboxylic acid groups (broad SMARTS) is 3. The molecule has 0 saturated carbocycles. The Balaban J connectivity index is 4.65. The Morgan fingerprint density at radius 3 is 1.43 bits per heavy atom. The van der Waals surface area contributed by atoms with Crippen molar-refractivity contribution in [2.24, 2.45) is 0 Å². The number of carbonyl (C=O) groups is 3. The van der Waals surface area contributed by atoms with Gasteiger partial charge in [-0.05, 0) is 12.8 Å². The van der Waals surface area contributed by atoms with Crippen LogP contribution in [0.15, 0.2) is 0 Å². The molecule has 0 bridgehead atoms. The topological polar surface area (TPSA) is 152 Å². The Morgan fingerprint density at radius 1 is 0.696 bits per heavy atom. The first-order valence-corrected chi connectivity index (χ1v) is 7.79. The number of aliphatic carboxylic acids is 3. The van der Waals surface area contributed by atoms with Crippen molar-refractivity contribution in [3.8, 4) is 0 Å². The molecule has 1 atom stereocenters. The van der Waals surface area contributed by atoms with Gasteiger partial charge in [-0.1, -0.05) is 51.9 Å². The van der Waals surface area contributed by atoms with E-state index >= 15 is 0 Å². The maximum absolute atomic E-state index is 11.2. The number of rotatable bonds is 13. The Hall–Kier alpha value is -1.67. The summed E-state index contributed by atoms with van der Waals surface area (Å²) in [5.41, 5.74) is -7.08. The summed E-state index contributed by atoms with van der Waals surface area (Å²) < 4.78 is 0. The SMILES string of the molecule is CCCCCCCCCCC(O)(C(=O)O)C(O)(C(=O)O)C(=O)O. The Bertz CT molecular complexity index is 406. The zero-order valence-electron chi connectivity index (χ0n) is 13.3. The lowest BCUT2D eigenvalue weighted by Gasteiger charge is -2.33. The molecule has 0 rings (SSSR count). The summed E-state index contributed by atoms with van der Waals surface area (Å²) in [5.74, 6) is -6.70. The minimum atomic E-state index is -3.79. The molecule has 23 heavy (non-hydrogen) atoms. The highest BCUT2D eigenvalue weighted by atomic mass is 16.5. The number of unbranched alkanes of at least 4 members (excludes halogenated alkanes) is 7. The van der Waals surface area contributed by atoms with Gasteiger partial charge in [0.2, 0.25) is 5.60 Å². The zero-order chi connectivity index (χ0) is 18.1. The van der Waals surface area contributed by atoms with Gasteiger partial charge < -0.3 is 25.5 Å². The van der Waals surface area contributed by atoms with Gasteiger partial charge in [-0.2, -0.15) is 0 Å². The van der Waals surface area contributed by atoms with E-state index < -0.39 is 35.5 Å². The number of aliphatic hydroxyl groups is 2. The predicted octanol–water partition coefficient (Wildman–Crippen LogP) is 1.23. The van der Waals surface area contributed by atoms with Gasteiger partial charge in [-0.25, -0.2) is 14.4 Å². The van der Waals surface area contributed by atoms with Crippen molar-refractivity contribution in [1.29, 1.82) is 0 Å². The van der Waals surface area contributed by atoms with Crippen LogP contribution in [0, 0.1) is 0 Å². The zero-order valence-corrected chi connectivity index (χ0v) is 13.3. The van der Waals surface area contributed by atoms with E-state index in [1.807, 2.05) is 0 Å². The van der Waals surface area contributed by atoms with Gasteiger partial charge in [-0.15, -0.1) is 0 Å². The first-order chi connectivity index (χ1) is 10.6. The summed E-state index contributed by atoms with van der Waals surface area (Å²) in [4.78, 5) is 33.2. The van der Waals surface area contributed by atoms with Gasteiger partial charge in [0.05, 0.1) is 0 Å². The lowest BCUT2D eigenvalue weighted by molar-refractivity contribution is -0.216. The van der Waals surface area contributed by atoms with Crippen LogP contribution in [-0.4, -0.2) is 54.6 Å². The van der Waals surface area contributed by atoms with Crippen LogP contribution >= 0.6 is 0 Å². The molecule has 0 aromatic rings. The van der Waals surface area contributed by atoms with Crippen LogP contribution in [-0.2, 0) is 14.4 Å². The second-order valence-corrected chi connectivity index (χ2v) is 5.71. The highest BCUT2D eigenvalue weighted by Gasteiger charge is 2.65. The van der Waals surface area contributed by atoms with Crippen LogP contribution < -0.4 is 0 Å². The lowest BCUT2D eigenvalue weighted by atomic mass is 9.78. The molecule has 0 aromatic heterocycles. The maximum atomic E-state index is 11.2. The number of hydrogen-bond donors (Lipinski definition) is 5. The van der Waals surface area contributed by atoms with Crippen LogP contribution in [0.25, 0.3) is 0 Å². The molecule has 0 heterocycles. The largest absolute Gasteiger partial charge is 0.479 e. The van der Waals surface area contributed by atoms with Crippen molar-refractivity contribution in [2.75, 3.05) is 0 Å². The van der Waals surface area contributed by atoms with Crippen molar-refractivity contribution < 1.29 is 39.9 Å². The fraction of sp³-hybridized carbons (Fsp3) is 0.800. The van der Waals surface area contributed by atoms with Gasteiger partial charge in [0.1, 0.15) is 0 Å². The summed E-state index contributed by atoms with van der Waals surface area (Å²) in [6.45, 7) is 2.10. The van der Waals surface area contributed by atoms with Gasteiger partial charge in [0, 0.05) is 0 Å². The van der Waals surface area contributed by atoms with Gasteiger partial charge >= 0.3 is 17.9 Å². The molecular weight excluding hydrogens is 308 g/mol. The molecule has 8 nitrogen and oxygen atoms in total. The molecule has 5 N–H and O–H groups in total. The average Bonchev–Trinajstić information content (AvgIpc) is 2.47. The van der Waals surface area contributed by atoms with Crippen molar-refractivity contribution in [3.05, 3.63) is 0 Å². The number of carboxylic acids is 3. The Labute approximate surface area is 134 Å².